The van der Waals surface area contributed by atoms with Gasteiger partial charge in [0.1, 0.15) is 0 Å². The van der Waals surface area contributed by atoms with Crippen molar-refractivity contribution in [1.82, 2.24) is 10.4 Å². The number of ether oxygens (including phenoxy) is 1. The van der Waals surface area contributed by atoms with Crippen molar-refractivity contribution in [3.05, 3.63) is 0 Å². The number of hydrogen-bond acceptors (Lipinski definition) is 4. The van der Waals surface area contributed by atoms with E-state index in [9.17, 15) is 4.79 Å². The zero-order valence-electron chi connectivity index (χ0n) is 10.1. The van der Waals surface area contributed by atoms with E-state index in [-0.39, 0.29) is 5.91 Å². The summed E-state index contributed by atoms with van der Waals surface area (Å²) in [6, 6.07) is 0. The van der Waals surface area contributed by atoms with Crippen molar-refractivity contribution in [1.29, 1.82) is 0 Å². The summed E-state index contributed by atoms with van der Waals surface area (Å²) in [5.41, 5.74) is 8.36. The molecule has 1 rings (SSSR count). The lowest BCUT2D eigenvalue weighted by molar-refractivity contribution is -0.128. The number of hydrogen-bond donors (Lipinski definition) is 2. The second-order valence-corrected chi connectivity index (χ2v) is 4.36. The van der Waals surface area contributed by atoms with Gasteiger partial charge in [0.25, 0.3) is 0 Å². The fourth-order valence-corrected chi connectivity index (χ4v) is 1.71. The maximum Gasteiger partial charge on any atom is 0.234 e. The summed E-state index contributed by atoms with van der Waals surface area (Å²) in [7, 11) is 0. The van der Waals surface area contributed by atoms with Gasteiger partial charge in [-0.2, -0.15) is 0 Å². The minimum absolute atomic E-state index is 0.103. The fraction of sp³-hybridized carbons (Fsp3) is 0.909. The summed E-state index contributed by atoms with van der Waals surface area (Å²) < 4.78 is 5.20. The molecule has 5 nitrogen and oxygen atoms in total. The molecule has 0 radical (unpaired) electrons. The van der Waals surface area contributed by atoms with E-state index in [2.05, 4.69) is 12.3 Å². The van der Waals surface area contributed by atoms with Crippen LogP contribution in [0.4, 0.5) is 0 Å². The van der Waals surface area contributed by atoms with Crippen LogP contribution in [-0.2, 0) is 9.53 Å². The van der Waals surface area contributed by atoms with Gasteiger partial charge in [-0.3, -0.25) is 10.2 Å². The quantitative estimate of drug-likeness (QED) is 0.678. The lowest BCUT2D eigenvalue weighted by Crippen LogP contribution is -2.48. The van der Waals surface area contributed by atoms with Gasteiger partial charge < -0.3 is 10.5 Å². The average Bonchev–Trinajstić information content (AvgIpc) is 2.28. The molecule has 1 fully saturated rings. The molecule has 5 heteroatoms. The first kappa shape index (κ1) is 13.4. The molecule has 0 spiro atoms. The number of hydrazine groups is 1. The summed E-state index contributed by atoms with van der Waals surface area (Å²) in [6.45, 7) is 5.79. The van der Waals surface area contributed by atoms with E-state index in [0.717, 1.165) is 25.9 Å². The molecule has 1 aliphatic heterocycles. The molecule has 0 saturated carbocycles. The Labute approximate surface area is 97.3 Å². The third-order valence-electron chi connectivity index (χ3n) is 2.82. The third-order valence-corrected chi connectivity index (χ3v) is 2.82. The molecule has 0 aromatic rings. The van der Waals surface area contributed by atoms with Crippen molar-refractivity contribution in [2.75, 3.05) is 32.8 Å². The molecule has 94 valence electrons. The Balaban J connectivity index is 2.10. The van der Waals surface area contributed by atoms with E-state index >= 15 is 0 Å². The molecular weight excluding hydrogens is 206 g/mol. The smallest absolute Gasteiger partial charge is 0.234 e. The van der Waals surface area contributed by atoms with Crippen LogP contribution < -0.4 is 11.2 Å². The lowest BCUT2D eigenvalue weighted by Gasteiger charge is -2.27. The van der Waals surface area contributed by atoms with Crippen LogP contribution in [0.1, 0.15) is 26.2 Å². The molecule has 0 aliphatic carbocycles. The summed E-state index contributed by atoms with van der Waals surface area (Å²) in [6.07, 6.45) is 2.48. The Morgan fingerprint density at radius 1 is 1.44 bits per heavy atom. The number of nitrogens with one attached hydrogen (secondary N) is 1. The van der Waals surface area contributed by atoms with Gasteiger partial charge >= 0.3 is 0 Å². The van der Waals surface area contributed by atoms with Gasteiger partial charge in [-0.25, -0.2) is 5.01 Å². The molecule has 1 saturated heterocycles. The monoisotopic (exact) mass is 229 g/mol. The molecular formula is C11H23N3O2. The second kappa shape index (κ2) is 7.60. The van der Waals surface area contributed by atoms with Crippen molar-refractivity contribution in [2.24, 2.45) is 11.7 Å². The number of carbonyl (C=O) groups excluding carboxylic acids is 1. The van der Waals surface area contributed by atoms with E-state index in [1.54, 1.807) is 0 Å². The van der Waals surface area contributed by atoms with Crippen LogP contribution in [0.3, 0.4) is 0 Å². The summed E-state index contributed by atoms with van der Waals surface area (Å²) in [4.78, 5) is 11.6. The maximum absolute atomic E-state index is 11.6. The van der Waals surface area contributed by atoms with Gasteiger partial charge in [-0.1, -0.05) is 6.92 Å². The minimum atomic E-state index is 0.103. The van der Waals surface area contributed by atoms with Gasteiger partial charge in [0.15, 0.2) is 0 Å². The van der Waals surface area contributed by atoms with Crippen molar-refractivity contribution >= 4 is 5.91 Å². The first-order valence-corrected chi connectivity index (χ1v) is 6.04. The molecule has 16 heavy (non-hydrogen) atoms. The number of morpholine rings is 1. The molecule has 1 amide bonds. The first-order chi connectivity index (χ1) is 7.72. The Kier molecular flexibility index (Phi) is 6.37. The van der Waals surface area contributed by atoms with Crippen LogP contribution in [0.2, 0.25) is 0 Å². The average molecular weight is 229 g/mol. The Morgan fingerprint density at radius 2 is 2.12 bits per heavy atom. The molecule has 0 aromatic carbocycles. The second-order valence-electron chi connectivity index (χ2n) is 4.36. The molecule has 1 heterocycles. The Hall–Kier alpha value is -0.650. The lowest BCUT2D eigenvalue weighted by atomic mass is 10.0. The van der Waals surface area contributed by atoms with Crippen LogP contribution in [0.5, 0.6) is 0 Å². The van der Waals surface area contributed by atoms with Crippen molar-refractivity contribution in [3.63, 3.8) is 0 Å². The third kappa shape index (κ3) is 5.44. The Morgan fingerprint density at radius 3 is 2.75 bits per heavy atom. The maximum atomic E-state index is 11.6. The van der Waals surface area contributed by atoms with Gasteiger partial charge in [0.05, 0.1) is 13.2 Å². The number of amides is 1. The zero-order valence-corrected chi connectivity index (χ0v) is 10.1. The topological polar surface area (TPSA) is 67.6 Å². The van der Waals surface area contributed by atoms with Crippen molar-refractivity contribution < 1.29 is 9.53 Å². The first-order valence-electron chi connectivity index (χ1n) is 6.04. The predicted molar refractivity (Wildman–Crippen MR) is 62.6 cm³/mol. The minimum Gasteiger partial charge on any atom is -0.379 e. The zero-order chi connectivity index (χ0) is 11.8. The predicted octanol–water partition coefficient (Wildman–Crippen LogP) is 0.115. The van der Waals surface area contributed by atoms with Crippen molar-refractivity contribution in [2.45, 2.75) is 26.2 Å². The SMILES string of the molecule is CC(CCN)CCC(=O)NN1CCOCC1. The van der Waals surface area contributed by atoms with Crippen LogP contribution in [0.15, 0.2) is 0 Å². The number of rotatable bonds is 6. The highest BCUT2D eigenvalue weighted by molar-refractivity contribution is 5.75. The highest BCUT2D eigenvalue weighted by atomic mass is 16.5. The van der Waals surface area contributed by atoms with Crippen LogP contribution in [-0.4, -0.2) is 43.8 Å². The highest BCUT2D eigenvalue weighted by Crippen LogP contribution is 2.08. The number of nitrogens with zero attached hydrogens (tertiary/aromatic N) is 1. The van der Waals surface area contributed by atoms with Gasteiger partial charge in [-0.15, -0.1) is 0 Å². The fourth-order valence-electron chi connectivity index (χ4n) is 1.71. The van der Waals surface area contributed by atoms with Gasteiger partial charge in [0, 0.05) is 19.5 Å². The standard InChI is InChI=1S/C11H23N3O2/c1-10(4-5-12)2-3-11(15)13-14-6-8-16-9-7-14/h10H,2-9,12H2,1H3,(H,13,15). The number of nitrogens with two attached hydrogens (primary N) is 1. The molecule has 1 unspecified atom stereocenters. The molecule has 0 bridgehead atoms. The molecule has 3 N–H and O–H groups in total. The highest BCUT2D eigenvalue weighted by Gasteiger charge is 2.13. The molecule has 1 atom stereocenters. The van der Waals surface area contributed by atoms with Crippen LogP contribution in [0.25, 0.3) is 0 Å². The van der Waals surface area contributed by atoms with E-state index in [0.29, 0.717) is 32.1 Å². The van der Waals surface area contributed by atoms with E-state index < -0.39 is 0 Å². The number of carbonyl (C=O) groups is 1. The van der Waals surface area contributed by atoms with E-state index in [1.165, 1.54) is 0 Å². The Bertz CT molecular complexity index is 205. The van der Waals surface area contributed by atoms with Crippen molar-refractivity contribution in [3.8, 4) is 0 Å². The summed E-state index contributed by atoms with van der Waals surface area (Å²) >= 11 is 0. The van der Waals surface area contributed by atoms with Gasteiger partial charge in [0.2, 0.25) is 5.91 Å². The largest absolute Gasteiger partial charge is 0.379 e. The molecule has 1 aliphatic rings. The van der Waals surface area contributed by atoms with E-state index in [1.807, 2.05) is 5.01 Å². The van der Waals surface area contributed by atoms with E-state index in [4.69, 9.17) is 10.5 Å². The summed E-state index contributed by atoms with van der Waals surface area (Å²) in [5, 5.41) is 1.93. The van der Waals surface area contributed by atoms with Gasteiger partial charge in [-0.05, 0) is 25.3 Å². The van der Waals surface area contributed by atoms with Crippen LogP contribution in [0, 0.1) is 5.92 Å². The summed E-state index contributed by atoms with van der Waals surface area (Å²) in [5.74, 6) is 0.631. The molecule has 0 aromatic heterocycles. The normalized spacial score (nSPS) is 19.4. The van der Waals surface area contributed by atoms with Crippen LogP contribution >= 0.6 is 0 Å².